The number of nitrogens with one attached hydrogen (secondary N) is 3. The van der Waals surface area contributed by atoms with Gasteiger partial charge in [0.1, 0.15) is 29.4 Å². The zero-order valence-electron chi connectivity index (χ0n) is 50.3. The van der Waals surface area contributed by atoms with Gasteiger partial charge in [-0.3, -0.25) is 58.1 Å². The van der Waals surface area contributed by atoms with Crippen LogP contribution in [0.3, 0.4) is 0 Å². The number of aromatic nitrogens is 1. The number of carbonyl (C=O) groups is 8. The molecule has 2 aromatic carbocycles. The van der Waals surface area contributed by atoms with Crippen LogP contribution < -0.4 is 100 Å². The second-order valence-corrected chi connectivity index (χ2v) is 21.6. The normalized spacial score (nSPS) is 16.7. The number of likely N-dealkylation sites (tertiary alicyclic amines) is 1. The number of alkyl halides is 3. The van der Waals surface area contributed by atoms with Crippen LogP contribution >= 0.6 is 0 Å². The first kappa shape index (κ1) is 75.5. The van der Waals surface area contributed by atoms with Gasteiger partial charge in [0.25, 0.3) is 0 Å². The number of para-hydroxylation sites is 1. The molecule has 4 amide bonds. The second kappa shape index (κ2) is 38.0. The van der Waals surface area contributed by atoms with Crippen molar-refractivity contribution < 1.29 is 150 Å². The zero-order valence-corrected chi connectivity index (χ0v) is 56.6. The molecule has 25 nitrogen and oxygen atoms in total. The van der Waals surface area contributed by atoms with Gasteiger partial charge in [-0.05, 0) is 87.5 Å². The van der Waals surface area contributed by atoms with E-state index in [0.717, 1.165) is 38.2 Å². The van der Waals surface area contributed by atoms with Gasteiger partial charge in [-0.25, -0.2) is 9.18 Å². The van der Waals surface area contributed by atoms with Gasteiger partial charge >= 0.3 is 98.9 Å². The van der Waals surface area contributed by atoms with Crippen molar-refractivity contribution in [3.05, 3.63) is 83.7 Å². The smallest absolute Gasteiger partial charge is 0.493 e. The van der Waals surface area contributed by atoms with Crippen molar-refractivity contribution in [1.29, 1.82) is 5.26 Å². The Labute approximate surface area is 573 Å². The van der Waals surface area contributed by atoms with E-state index in [2.05, 4.69) is 32.3 Å². The number of carbonyl (C=O) groups excluding carboxylic acids is 4. The number of amides is 4. The summed E-state index contributed by atoms with van der Waals surface area (Å²) in [5, 5.41) is 55.3. The number of carboxylic acids is 4. The topological polar surface area (TPSA) is 345 Å². The molecule has 30 heteroatoms. The minimum absolute atomic E-state index is 0. The third-order valence-corrected chi connectivity index (χ3v) is 15.3. The quantitative estimate of drug-likeness (QED) is 0.0267. The molecule has 3 aliphatic rings. The van der Waals surface area contributed by atoms with Crippen molar-refractivity contribution in [2.24, 2.45) is 5.73 Å². The van der Waals surface area contributed by atoms with E-state index in [4.69, 9.17) is 10.5 Å². The number of unbranched alkanes of at least 4 members (excludes halogenated alkanes) is 1. The van der Waals surface area contributed by atoms with E-state index in [1.54, 1.807) is 48.8 Å². The van der Waals surface area contributed by atoms with Crippen molar-refractivity contribution in [1.82, 2.24) is 45.4 Å². The monoisotopic (exact) mass is 1370 g/mol. The van der Waals surface area contributed by atoms with Gasteiger partial charge in [0.2, 0.25) is 23.6 Å². The van der Waals surface area contributed by atoms with Crippen LogP contribution in [0.5, 0.6) is 5.75 Å². The van der Waals surface area contributed by atoms with Crippen molar-refractivity contribution in [2.45, 2.75) is 75.9 Å². The first-order valence-electron chi connectivity index (χ1n) is 29.1. The van der Waals surface area contributed by atoms with Gasteiger partial charge in [0.05, 0.1) is 55.0 Å². The largest absolute Gasteiger partial charge is 1.00 e. The molecule has 6 rings (SSSR count). The number of anilines is 1. The summed E-state index contributed by atoms with van der Waals surface area (Å²) in [5.74, 6) is -6.41. The van der Waals surface area contributed by atoms with E-state index < -0.39 is 64.7 Å². The van der Waals surface area contributed by atoms with Gasteiger partial charge < -0.3 is 63.1 Å². The van der Waals surface area contributed by atoms with E-state index >= 15 is 4.39 Å². The summed E-state index contributed by atoms with van der Waals surface area (Å²) >= 11 is 0. The predicted molar refractivity (Wildman–Crippen MR) is 312 cm³/mol. The maximum Gasteiger partial charge on any atom is 1.00 e. The first-order valence-corrected chi connectivity index (χ1v) is 29.1. The van der Waals surface area contributed by atoms with Crippen LogP contribution in [0.2, 0.25) is 0 Å². The number of nitrogens with two attached hydrogens (primary N) is 1. The van der Waals surface area contributed by atoms with E-state index in [1.165, 1.54) is 18.3 Å². The summed E-state index contributed by atoms with van der Waals surface area (Å²) in [7, 11) is 0. The molecule has 3 fully saturated rings. The molecular weight excluding hydrogens is 1290 g/mol. The molecule has 1 unspecified atom stereocenters. The number of piperidine rings is 1. The van der Waals surface area contributed by atoms with Gasteiger partial charge in [-0.2, -0.15) is 24.9 Å². The van der Waals surface area contributed by atoms with E-state index in [9.17, 15) is 77.2 Å². The van der Waals surface area contributed by atoms with Gasteiger partial charge in [0, 0.05) is 110 Å². The average Bonchev–Trinajstić information content (AvgIpc) is 0.968. The molecule has 1 atom stereocenters. The number of carboxylic acid groups (broad SMARTS) is 4. The molecule has 9 N–H and O–H groups in total. The summed E-state index contributed by atoms with van der Waals surface area (Å²) in [4.78, 5) is 111. The number of hydrogen-bond acceptors (Lipinski definition) is 17. The van der Waals surface area contributed by atoms with Crippen molar-refractivity contribution >= 4 is 53.2 Å². The summed E-state index contributed by atoms with van der Waals surface area (Å²) in [6, 6.07) is 11.6. The predicted octanol–water partition coefficient (Wildman–Crippen LogP) is -0.672. The Kier molecular flexibility index (Phi) is 32.2. The van der Waals surface area contributed by atoms with E-state index in [1.807, 2.05) is 13.0 Å². The van der Waals surface area contributed by atoms with Crippen LogP contribution in [0.1, 0.15) is 75.0 Å². The number of ether oxygens (including phenoxy) is 1. The Morgan fingerprint density at radius 1 is 0.742 bits per heavy atom. The second-order valence-electron chi connectivity index (χ2n) is 21.6. The molecule has 3 aromatic rings. The molecule has 0 saturated carbocycles. The number of pyridine rings is 1. The van der Waals surface area contributed by atoms with Crippen LogP contribution in [0.25, 0.3) is 11.3 Å². The Hall–Kier alpha value is -5.99. The zero-order chi connectivity index (χ0) is 64.4. The number of aliphatic carboxylic acids is 4. The van der Waals surface area contributed by atoms with Crippen LogP contribution in [0, 0.1) is 23.6 Å². The van der Waals surface area contributed by atoms with E-state index in [-0.39, 0.29) is 209 Å². The first-order chi connectivity index (χ1) is 41.9. The maximum atomic E-state index is 15.3. The standard InChI is InChI=1S/C32H55N8O11.C27H24F4N4O2.Cs/c41-26(34-9-12-36-10-3-4-11-36)5-1-2-8-33-27(42)7-6-25(32(50)51)35-28(43)21-37-13-15-38(22-29(44)45)17-19-40(24-31(48)49)20-18-39(16-14-37)23-30(46)47;1-2-37-23-6-4-3-5-20(23)24-21(28)14-19(16-34-24)26(25(33)36)9-11-35(12-10-26)22-8-7-18(27(29,30)31)13-17(22)15-32;/h3,25H,1-2,4-24H2,(H,33,42)(H,34,41)(H,35,43)(H,44,45)(H,46,47)(H,48,49)(H,50,51);3-8,13-14,16H,2,9-12H2,1H3,(H2,33,36);/q-1;;+1. The Balaban J connectivity index is 0.000000393. The Bertz CT molecular complexity index is 2880. The molecule has 1 aromatic heterocycles. The van der Waals surface area contributed by atoms with Crippen molar-refractivity contribution in [3.8, 4) is 23.1 Å². The molecule has 3 aliphatic heterocycles. The molecule has 0 aliphatic carbocycles. The number of nitriles is 1. The maximum absolute atomic E-state index is 15.3. The molecule has 0 spiro atoms. The Morgan fingerprint density at radius 3 is 1.81 bits per heavy atom. The van der Waals surface area contributed by atoms with Gasteiger partial charge in [0.15, 0.2) is 0 Å². The molecule has 0 bridgehead atoms. The number of hydrogen-bond donors (Lipinski definition) is 8. The summed E-state index contributed by atoms with van der Waals surface area (Å²) in [5.41, 5.74) is 4.75. The van der Waals surface area contributed by atoms with Crippen molar-refractivity contribution in [3.63, 3.8) is 0 Å². The third kappa shape index (κ3) is 25.3. The summed E-state index contributed by atoms with van der Waals surface area (Å²) < 4.78 is 60.1. The van der Waals surface area contributed by atoms with Gasteiger partial charge in [-0.1, -0.05) is 12.1 Å². The molecule has 3 saturated heterocycles. The average molecular weight is 1370 g/mol. The van der Waals surface area contributed by atoms with Crippen LogP contribution in [0.15, 0.2) is 54.7 Å². The number of rotatable bonds is 27. The fourth-order valence-electron chi connectivity index (χ4n) is 10.5. The van der Waals surface area contributed by atoms with Crippen LogP contribution in [-0.4, -0.2) is 234 Å². The van der Waals surface area contributed by atoms with Gasteiger partial charge in [-0.15, -0.1) is 6.54 Å². The number of benzene rings is 2. The summed E-state index contributed by atoms with van der Waals surface area (Å²) in [6.45, 7) is 6.83. The third-order valence-electron chi connectivity index (χ3n) is 15.3. The number of nitrogens with zero attached hydrogens (tertiary/aromatic N) is 8. The summed E-state index contributed by atoms with van der Waals surface area (Å²) in [6.07, 6.45) is 1.67. The van der Waals surface area contributed by atoms with Crippen LogP contribution in [0.4, 0.5) is 23.2 Å². The fourth-order valence-corrected chi connectivity index (χ4v) is 10.5. The number of halogens is 4. The van der Waals surface area contributed by atoms with Crippen LogP contribution in [-0.2, 0) is 49.9 Å². The van der Waals surface area contributed by atoms with Crippen molar-refractivity contribution in [2.75, 3.05) is 136 Å². The molecular formula is C59H79CsF4N12O13. The minimum atomic E-state index is -4.57. The SMILES string of the molecule is CCOc1ccccc1-c1ncc(C2(C(N)=O)CCN(c3ccc(C(F)(F)F)cc3C#N)CC2)cc1F.O=C(O)CN1CCN(CC(=O)O)CCN(CC(=O)NC(CCC(=O)NCCCCC(=O)NCCN2C[CH-]CC2)C(=O)O)CCN(CC(=O)O)CC1.[Cs+]. The molecule has 89 heavy (non-hydrogen) atoms. The number of primary amides is 1. The molecule has 0 radical (unpaired) electrons. The minimum Gasteiger partial charge on any atom is -0.493 e. The molecule has 482 valence electrons. The van der Waals surface area contributed by atoms with E-state index in [0.29, 0.717) is 61.5 Å². The molecule has 4 heterocycles. The Morgan fingerprint density at radius 2 is 1.30 bits per heavy atom. The fraction of sp³-hybridized carbons (Fsp3) is 0.542.